The molecule has 12 heteroatoms. The number of nitro benzene ring substituents is 1. The normalized spacial score (nSPS) is 16.8. The molecule has 1 N–H and O–H groups in total. The van der Waals surface area contributed by atoms with E-state index in [1.165, 1.54) is 16.4 Å². The van der Waals surface area contributed by atoms with Crippen molar-refractivity contribution in [3.8, 4) is 0 Å². The van der Waals surface area contributed by atoms with Gasteiger partial charge in [-0.3, -0.25) is 10.1 Å². The van der Waals surface area contributed by atoms with E-state index in [0.29, 0.717) is 24.0 Å². The van der Waals surface area contributed by atoms with E-state index in [9.17, 15) is 26.9 Å². The van der Waals surface area contributed by atoms with E-state index in [0.717, 1.165) is 17.4 Å². The summed E-state index contributed by atoms with van der Waals surface area (Å²) in [7, 11) is -7.55. The number of nitrogens with zero attached hydrogens (tertiary/aromatic N) is 2. The predicted molar refractivity (Wildman–Crippen MR) is 109 cm³/mol. The molecule has 1 saturated heterocycles. The molecule has 0 saturated carbocycles. The summed E-state index contributed by atoms with van der Waals surface area (Å²) in [5, 5.41) is 12.8. The van der Waals surface area contributed by atoms with Crippen LogP contribution in [-0.2, 0) is 20.0 Å². The summed E-state index contributed by atoms with van der Waals surface area (Å²) < 4.78 is 55.0. The molecule has 0 atom stereocenters. The molecule has 0 radical (unpaired) electrons. The van der Waals surface area contributed by atoms with Crippen molar-refractivity contribution in [1.29, 1.82) is 0 Å². The number of non-ortho nitro benzene ring substituents is 1. The highest BCUT2D eigenvalue weighted by Gasteiger charge is 2.33. The number of hydrogen-bond acceptors (Lipinski definition) is 7. The first-order chi connectivity index (χ1) is 13.5. The zero-order chi connectivity index (χ0) is 21.4. The number of nitrogens with one attached hydrogen (secondary N) is 1. The van der Waals surface area contributed by atoms with Crippen molar-refractivity contribution in [2.45, 2.75) is 41.8 Å². The van der Waals surface area contributed by atoms with Gasteiger partial charge in [-0.2, -0.15) is 4.31 Å². The van der Waals surface area contributed by atoms with Gasteiger partial charge in [0, 0.05) is 31.3 Å². The van der Waals surface area contributed by atoms with Gasteiger partial charge in [0.15, 0.2) is 0 Å². The second kappa shape index (κ2) is 8.11. The van der Waals surface area contributed by atoms with E-state index >= 15 is 0 Å². The molecule has 9 nitrogen and oxygen atoms in total. The van der Waals surface area contributed by atoms with Gasteiger partial charge in [0.25, 0.3) is 5.69 Å². The van der Waals surface area contributed by atoms with Crippen molar-refractivity contribution in [1.82, 2.24) is 9.03 Å². The highest BCUT2D eigenvalue weighted by atomic mass is 32.2. The maximum atomic E-state index is 13.1. The van der Waals surface area contributed by atoms with Crippen LogP contribution in [0.1, 0.15) is 24.0 Å². The summed E-state index contributed by atoms with van der Waals surface area (Å²) in [4.78, 5) is 10.4. The third kappa shape index (κ3) is 4.51. The molecule has 1 aliphatic heterocycles. The molecule has 158 valence electrons. The van der Waals surface area contributed by atoms with Crippen LogP contribution in [0, 0.1) is 24.0 Å². The van der Waals surface area contributed by atoms with Crippen LogP contribution in [0.3, 0.4) is 0 Å². The van der Waals surface area contributed by atoms with Crippen LogP contribution >= 0.6 is 11.3 Å². The minimum absolute atomic E-state index is 0.0817. The van der Waals surface area contributed by atoms with Crippen molar-refractivity contribution in [2.75, 3.05) is 13.1 Å². The minimum atomic E-state index is -3.93. The summed E-state index contributed by atoms with van der Waals surface area (Å²) in [6.07, 6.45) is 0.633. The van der Waals surface area contributed by atoms with Crippen molar-refractivity contribution >= 4 is 37.1 Å². The molecule has 3 rings (SSSR count). The molecule has 0 unspecified atom stereocenters. The zero-order valence-electron chi connectivity index (χ0n) is 15.9. The Morgan fingerprint density at radius 1 is 1.17 bits per heavy atom. The van der Waals surface area contributed by atoms with Crippen molar-refractivity contribution in [3.05, 3.63) is 50.9 Å². The maximum Gasteiger partial charge on any atom is 0.271 e. The predicted octanol–water partition coefficient (Wildman–Crippen LogP) is 2.40. The molecule has 0 spiro atoms. The Labute approximate surface area is 173 Å². The van der Waals surface area contributed by atoms with Gasteiger partial charge in [-0.15, -0.1) is 11.3 Å². The molecule has 1 aliphatic rings. The first kappa shape index (κ1) is 21.8. The number of sulfonamides is 2. The number of benzene rings is 1. The Morgan fingerprint density at radius 2 is 1.83 bits per heavy atom. The molecule has 0 aliphatic carbocycles. The number of piperidine rings is 1. The number of rotatable bonds is 6. The maximum absolute atomic E-state index is 13.1. The fourth-order valence-corrected chi connectivity index (χ4v) is 7.33. The highest BCUT2D eigenvalue weighted by molar-refractivity contribution is 7.91. The third-order valence-corrected chi connectivity index (χ3v) is 9.91. The molecular formula is C17H21N3O6S3. The molecule has 1 aromatic heterocycles. The lowest BCUT2D eigenvalue weighted by atomic mass is 10.1. The molecule has 1 aromatic carbocycles. The van der Waals surface area contributed by atoms with Crippen molar-refractivity contribution in [3.63, 3.8) is 0 Å². The molecule has 29 heavy (non-hydrogen) atoms. The van der Waals surface area contributed by atoms with Crippen molar-refractivity contribution in [2.24, 2.45) is 0 Å². The van der Waals surface area contributed by atoms with Crippen molar-refractivity contribution < 1.29 is 21.8 Å². The van der Waals surface area contributed by atoms with E-state index in [1.807, 2.05) is 0 Å². The Morgan fingerprint density at radius 3 is 2.38 bits per heavy atom. The topological polar surface area (TPSA) is 127 Å². The van der Waals surface area contributed by atoms with Crippen LogP contribution in [0.25, 0.3) is 0 Å². The Hall–Kier alpha value is -1.86. The Balaban J connectivity index is 1.76. The van der Waals surface area contributed by atoms with Crippen LogP contribution in [-0.4, -0.2) is 45.2 Å². The molecule has 0 bridgehead atoms. The van der Waals surface area contributed by atoms with Gasteiger partial charge in [0.2, 0.25) is 20.0 Å². The summed E-state index contributed by atoms with van der Waals surface area (Å²) in [5.74, 6) is 0. The second-order valence-corrected chi connectivity index (χ2v) is 11.7. The molecule has 1 fully saturated rings. The number of nitro groups is 1. The van der Waals surface area contributed by atoms with Gasteiger partial charge >= 0.3 is 0 Å². The third-order valence-electron chi connectivity index (χ3n) is 4.97. The van der Waals surface area contributed by atoms with E-state index < -0.39 is 25.0 Å². The quantitative estimate of drug-likeness (QED) is 0.522. The van der Waals surface area contributed by atoms with Gasteiger partial charge in [0.1, 0.15) is 4.21 Å². The number of thiophene rings is 1. The van der Waals surface area contributed by atoms with Gasteiger partial charge in [0.05, 0.1) is 9.82 Å². The fourth-order valence-electron chi connectivity index (χ4n) is 3.23. The minimum Gasteiger partial charge on any atom is -0.258 e. The van der Waals surface area contributed by atoms with Gasteiger partial charge < -0.3 is 0 Å². The fraction of sp³-hybridized carbons (Fsp3) is 0.412. The van der Waals surface area contributed by atoms with Gasteiger partial charge in [-0.05, 0) is 49.3 Å². The average molecular weight is 460 g/mol. The molecule has 2 aromatic rings. The zero-order valence-corrected chi connectivity index (χ0v) is 18.3. The monoisotopic (exact) mass is 459 g/mol. The lowest BCUT2D eigenvalue weighted by molar-refractivity contribution is -0.385. The summed E-state index contributed by atoms with van der Waals surface area (Å²) in [6.45, 7) is 3.50. The SMILES string of the molecule is Cc1cc([N+](=O)[O-])cc(S(=O)(=O)N2CCC(NS(=O)(=O)c3cccs3)CC2)c1C. The summed E-state index contributed by atoms with van der Waals surface area (Å²) >= 11 is 1.12. The second-order valence-electron chi connectivity index (χ2n) is 6.87. The van der Waals surface area contributed by atoms with E-state index in [-0.39, 0.29) is 33.9 Å². The van der Waals surface area contributed by atoms with Crippen LogP contribution in [0.4, 0.5) is 5.69 Å². The van der Waals surface area contributed by atoms with Crippen LogP contribution in [0.15, 0.2) is 38.8 Å². The van der Waals surface area contributed by atoms with Gasteiger partial charge in [-0.1, -0.05) is 6.07 Å². The lowest BCUT2D eigenvalue weighted by Gasteiger charge is -2.31. The van der Waals surface area contributed by atoms with Gasteiger partial charge in [-0.25, -0.2) is 21.6 Å². The number of hydrogen-bond donors (Lipinski definition) is 1. The standard InChI is InChI=1S/C17H21N3O6S3/c1-12-10-15(20(21)22)11-16(13(12)2)29(25,26)19-7-5-14(6-8-19)18-28(23,24)17-4-3-9-27-17/h3-4,9-11,14,18H,5-8H2,1-2H3. The Bertz CT molecular complexity index is 1120. The molecule has 0 amide bonds. The lowest BCUT2D eigenvalue weighted by Crippen LogP contribution is -2.46. The van der Waals surface area contributed by atoms with E-state index in [1.54, 1.807) is 25.3 Å². The summed E-state index contributed by atoms with van der Waals surface area (Å²) in [6, 6.07) is 5.22. The highest BCUT2D eigenvalue weighted by Crippen LogP contribution is 2.29. The van der Waals surface area contributed by atoms with E-state index in [2.05, 4.69) is 4.72 Å². The van der Waals surface area contributed by atoms with Crippen LogP contribution in [0.2, 0.25) is 0 Å². The Kier molecular flexibility index (Phi) is 6.11. The first-order valence-electron chi connectivity index (χ1n) is 8.84. The summed E-state index contributed by atoms with van der Waals surface area (Å²) in [5.41, 5.74) is 0.720. The molecule has 2 heterocycles. The largest absolute Gasteiger partial charge is 0.271 e. The number of aryl methyl sites for hydroxylation is 1. The van der Waals surface area contributed by atoms with E-state index in [4.69, 9.17) is 0 Å². The smallest absolute Gasteiger partial charge is 0.258 e. The van der Waals surface area contributed by atoms with Crippen LogP contribution < -0.4 is 4.72 Å². The molecular weight excluding hydrogens is 438 g/mol. The first-order valence-corrected chi connectivity index (χ1v) is 12.6. The van der Waals surface area contributed by atoms with Crippen LogP contribution in [0.5, 0.6) is 0 Å². The average Bonchev–Trinajstić information content (AvgIpc) is 3.19.